The fraction of sp³-hybridized carbons (Fsp3) is 0.231. The van der Waals surface area contributed by atoms with Gasteiger partial charge in [-0.1, -0.05) is 48.6 Å². The minimum atomic E-state index is 1.24. The van der Waals surface area contributed by atoms with Crippen LogP contribution in [0.5, 0.6) is 0 Å². The van der Waals surface area contributed by atoms with E-state index < -0.39 is 0 Å². The van der Waals surface area contributed by atoms with Crippen LogP contribution >= 0.6 is 11.8 Å². The van der Waals surface area contributed by atoms with Gasteiger partial charge in [0.05, 0.1) is 5.03 Å². The van der Waals surface area contributed by atoms with Gasteiger partial charge in [0.15, 0.2) is 0 Å². The minimum absolute atomic E-state index is 1.24. The van der Waals surface area contributed by atoms with Crippen molar-refractivity contribution < 1.29 is 0 Å². The quantitative estimate of drug-likeness (QED) is 0.700. The van der Waals surface area contributed by atoms with Crippen LogP contribution in [0.15, 0.2) is 59.2 Å². The predicted octanol–water partition coefficient (Wildman–Crippen LogP) is 3.36. The minimum Gasteiger partial charge on any atom is -0.372 e. The van der Waals surface area contributed by atoms with Crippen molar-refractivity contribution in [3.63, 3.8) is 0 Å². The first-order chi connectivity index (χ1) is 7.25. The molecule has 0 unspecified atom stereocenters. The van der Waals surface area contributed by atoms with Crippen molar-refractivity contribution in [1.82, 2.24) is 4.90 Å². The Morgan fingerprint density at radius 1 is 0.933 bits per heavy atom. The molecule has 0 aromatic heterocycles. The van der Waals surface area contributed by atoms with Crippen LogP contribution in [-0.2, 0) is 0 Å². The van der Waals surface area contributed by atoms with E-state index in [4.69, 9.17) is 0 Å². The maximum Gasteiger partial charge on any atom is 0.0773 e. The van der Waals surface area contributed by atoms with Crippen LogP contribution in [0.1, 0.15) is 0 Å². The van der Waals surface area contributed by atoms with E-state index in [-0.39, 0.29) is 0 Å². The van der Waals surface area contributed by atoms with E-state index in [9.17, 15) is 0 Å². The molecule has 0 saturated heterocycles. The lowest BCUT2D eigenvalue weighted by molar-refractivity contribution is 0.547. The van der Waals surface area contributed by atoms with Gasteiger partial charge in [-0.3, -0.25) is 0 Å². The third-order valence-electron chi connectivity index (χ3n) is 1.95. The average molecular weight is 219 g/mol. The van der Waals surface area contributed by atoms with Crippen LogP contribution in [-0.4, -0.2) is 25.3 Å². The summed E-state index contributed by atoms with van der Waals surface area (Å²) in [5.74, 6) is 0. The van der Waals surface area contributed by atoms with Gasteiger partial charge in [0, 0.05) is 19.7 Å². The molecule has 0 amide bonds. The molecule has 0 saturated carbocycles. The van der Waals surface area contributed by atoms with Gasteiger partial charge < -0.3 is 4.90 Å². The lowest BCUT2D eigenvalue weighted by atomic mass is 10.2. The number of nitrogens with zero attached hydrogens (tertiary/aromatic N) is 1. The van der Waals surface area contributed by atoms with Gasteiger partial charge in [-0.2, -0.15) is 0 Å². The van der Waals surface area contributed by atoms with Crippen LogP contribution in [0.4, 0.5) is 0 Å². The summed E-state index contributed by atoms with van der Waals surface area (Å²) in [6.45, 7) is 0. The molecule has 1 aliphatic rings. The Morgan fingerprint density at radius 3 is 1.80 bits per heavy atom. The highest BCUT2D eigenvalue weighted by atomic mass is 32.2. The smallest absolute Gasteiger partial charge is 0.0773 e. The normalized spacial score (nSPS) is 23.3. The molecule has 2 heteroatoms. The summed E-state index contributed by atoms with van der Waals surface area (Å²) in [7, 11) is 4.14. The van der Waals surface area contributed by atoms with Crippen molar-refractivity contribution in [3.8, 4) is 0 Å². The first-order valence-electron chi connectivity index (χ1n) is 4.89. The largest absolute Gasteiger partial charge is 0.372 e. The zero-order chi connectivity index (χ0) is 11.1. The molecule has 80 valence electrons. The summed E-state index contributed by atoms with van der Waals surface area (Å²) in [5.41, 5.74) is 1.24. The zero-order valence-electron chi connectivity index (χ0n) is 9.47. The topological polar surface area (TPSA) is 3.24 Å². The molecule has 0 fully saturated rings. The van der Waals surface area contributed by atoms with Gasteiger partial charge in [-0.05, 0) is 6.26 Å². The summed E-state index contributed by atoms with van der Waals surface area (Å²) in [4.78, 5) is 2.14. The molecule has 1 rings (SSSR count). The van der Waals surface area contributed by atoms with E-state index in [0.717, 1.165) is 0 Å². The van der Waals surface area contributed by atoms with Crippen LogP contribution < -0.4 is 0 Å². The number of rotatable bonds is 2. The standard InChI is InChI=1S/C13H17NS/c1-14(2)13(15-3)12-10-8-6-4-5-7-9-11-12/h4-11H,1-3H3/b6-4-,7-5-,10-8-,11-9-. The highest BCUT2D eigenvalue weighted by molar-refractivity contribution is 8.02. The zero-order valence-corrected chi connectivity index (χ0v) is 10.3. The second kappa shape index (κ2) is 6.36. The van der Waals surface area contributed by atoms with Crippen LogP contribution in [0, 0.1) is 0 Å². The molecule has 0 aromatic carbocycles. The summed E-state index contributed by atoms with van der Waals surface area (Å²) < 4.78 is 0. The van der Waals surface area contributed by atoms with Crippen LogP contribution in [0.2, 0.25) is 0 Å². The van der Waals surface area contributed by atoms with Crippen molar-refractivity contribution in [1.29, 1.82) is 0 Å². The van der Waals surface area contributed by atoms with Crippen molar-refractivity contribution >= 4 is 11.8 Å². The third kappa shape index (κ3) is 3.84. The van der Waals surface area contributed by atoms with E-state index in [2.05, 4.69) is 49.6 Å². The molecule has 0 atom stereocenters. The second-order valence-corrected chi connectivity index (χ2v) is 4.14. The Kier molecular flexibility index (Phi) is 5.05. The molecule has 0 radical (unpaired) electrons. The molecule has 1 aliphatic carbocycles. The lowest BCUT2D eigenvalue weighted by Gasteiger charge is -2.17. The van der Waals surface area contributed by atoms with E-state index in [0.29, 0.717) is 0 Å². The first-order valence-corrected chi connectivity index (χ1v) is 6.12. The van der Waals surface area contributed by atoms with Crippen molar-refractivity contribution in [2.75, 3.05) is 20.4 Å². The fourth-order valence-electron chi connectivity index (χ4n) is 1.33. The summed E-state index contributed by atoms with van der Waals surface area (Å²) >= 11 is 1.76. The van der Waals surface area contributed by atoms with Gasteiger partial charge >= 0.3 is 0 Å². The first kappa shape index (κ1) is 11.9. The SMILES string of the molecule is CSC(=C1\C=C/C=C\C=C/C=C\1)N(C)C. The predicted molar refractivity (Wildman–Crippen MR) is 70.8 cm³/mol. The summed E-state index contributed by atoms with van der Waals surface area (Å²) in [6.07, 6.45) is 18.6. The average Bonchev–Trinajstić information content (AvgIpc) is 2.32. The van der Waals surface area contributed by atoms with Gasteiger partial charge in [-0.25, -0.2) is 0 Å². The summed E-state index contributed by atoms with van der Waals surface area (Å²) in [5, 5.41) is 1.27. The molecular formula is C13H17NS. The third-order valence-corrected chi connectivity index (χ3v) is 2.94. The van der Waals surface area contributed by atoms with E-state index in [1.54, 1.807) is 11.8 Å². The summed E-state index contributed by atoms with van der Waals surface area (Å²) in [6, 6.07) is 0. The van der Waals surface area contributed by atoms with E-state index >= 15 is 0 Å². The van der Waals surface area contributed by atoms with E-state index in [1.165, 1.54) is 10.6 Å². The maximum atomic E-state index is 2.14. The molecule has 15 heavy (non-hydrogen) atoms. The van der Waals surface area contributed by atoms with Gasteiger partial charge in [0.2, 0.25) is 0 Å². The Morgan fingerprint density at radius 2 is 1.40 bits per heavy atom. The molecule has 0 aromatic rings. The Hall–Kier alpha value is -1.15. The molecule has 1 nitrogen and oxygen atoms in total. The highest BCUT2D eigenvalue weighted by Gasteiger charge is 2.02. The molecule has 0 N–H and O–H groups in total. The van der Waals surface area contributed by atoms with Gasteiger partial charge in [0.1, 0.15) is 0 Å². The number of hydrogen-bond donors (Lipinski definition) is 0. The Labute approximate surface area is 96.5 Å². The van der Waals surface area contributed by atoms with E-state index in [1.807, 2.05) is 24.3 Å². The Balaban J connectivity index is 3.09. The number of thioether (sulfide) groups is 1. The fourth-order valence-corrected chi connectivity index (χ4v) is 2.07. The second-order valence-electron chi connectivity index (χ2n) is 3.35. The number of hydrogen-bond acceptors (Lipinski definition) is 2. The molecule has 0 bridgehead atoms. The maximum absolute atomic E-state index is 2.14. The van der Waals surface area contributed by atoms with Crippen LogP contribution in [0.3, 0.4) is 0 Å². The number of allylic oxidation sites excluding steroid dienone is 9. The highest BCUT2D eigenvalue weighted by Crippen LogP contribution is 2.21. The van der Waals surface area contributed by atoms with Crippen molar-refractivity contribution in [2.24, 2.45) is 0 Å². The van der Waals surface area contributed by atoms with Gasteiger partial charge in [-0.15, -0.1) is 11.8 Å². The molecule has 0 aliphatic heterocycles. The van der Waals surface area contributed by atoms with Crippen molar-refractivity contribution in [3.05, 3.63) is 59.2 Å². The van der Waals surface area contributed by atoms with Crippen LogP contribution in [0.25, 0.3) is 0 Å². The van der Waals surface area contributed by atoms with Gasteiger partial charge in [0.25, 0.3) is 0 Å². The van der Waals surface area contributed by atoms with Crippen molar-refractivity contribution in [2.45, 2.75) is 0 Å². The molecular weight excluding hydrogens is 202 g/mol. The lowest BCUT2D eigenvalue weighted by Crippen LogP contribution is -2.09. The molecule has 0 heterocycles. The Bertz CT molecular complexity index is 320. The monoisotopic (exact) mass is 219 g/mol. The molecule has 0 spiro atoms.